The Labute approximate surface area is 150 Å². The first-order chi connectivity index (χ1) is 12.5. The summed E-state index contributed by atoms with van der Waals surface area (Å²) in [7, 11) is -3.03. The number of rotatable bonds is 4. The van der Waals surface area contributed by atoms with Crippen molar-refractivity contribution in [2.75, 3.05) is 23.6 Å². The maximum atomic E-state index is 12.2. The van der Waals surface area contributed by atoms with Crippen molar-refractivity contribution in [3.63, 3.8) is 0 Å². The number of anilines is 2. The van der Waals surface area contributed by atoms with Crippen LogP contribution in [0.1, 0.15) is 16.9 Å². The minimum Gasteiger partial charge on any atom is -0.454 e. The normalized spacial score (nSPS) is 19.9. The van der Waals surface area contributed by atoms with E-state index in [0.717, 1.165) is 5.69 Å². The Balaban J connectivity index is 1.39. The van der Waals surface area contributed by atoms with Crippen molar-refractivity contribution in [1.29, 1.82) is 0 Å². The van der Waals surface area contributed by atoms with Crippen molar-refractivity contribution in [2.45, 2.75) is 12.5 Å². The molecule has 26 heavy (non-hydrogen) atoms. The topological polar surface area (TPSA) is 107 Å². The number of benzene rings is 1. The lowest BCUT2D eigenvalue weighted by molar-refractivity contribution is 0.0936. The van der Waals surface area contributed by atoms with Gasteiger partial charge in [0, 0.05) is 17.8 Å². The predicted molar refractivity (Wildman–Crippen MR) is 94.6 cm³/mol. The summed E-state index contributed by atoms with van der Waals surface area (Å²) < 4.78 is 33.5. The Morgan fingerprint density at radius 3 is 2.65 bits per heavy atom. The molecule has 0 aliphatic carbocycles. The number of aromatic nitrogens is 1. The molecule has 1 amide bonds. The molecule has 4 rings (SSSR count). The van der Waals surface area contributed by atoms with Crippen LogP contribution in [-0.2, 0) is 9.84 Å². The van der Waals surface area contributed by atoms with E-state index in [9.17, 15) is 13.2 Å². The van der Waals surface area contributed by atoms with Gasteiger partial charge in [0.1, 0.15) is 5.69 Å². The summed E-state index contributed by atoms with van der Waals surface area (Å²) in [5, 5.41) is 5.89. The molecule has 0 bridgehead atoms. The van der Waals surface area contributed by atoms with Crippen LogP contribution in [0.3, 0.4) is 0 Å². The second-order valence-corrected chi connectivity index (χ2v) is 8.43. The maximum absolute atomic E-state index is 12.2. The van der Waals surface area contributed by atoms with Gasteiger partial charge < -0.3 is 20.1 Å². The number of nitrogens with zero attached hydrogens (tertiary/aromatic N) is 1. The highest BCUT2D eigenvalue weighted by Gasteiger charge is 2.29. The van der Waals surface area contributed by atoms with E-state index < -0.39 is 9.84 Å². The molecule has 9 heteroatoms. The lowest BCUT2D eigenvalue weighted by Gasteiger charge is -2.11. The predicted octanol–water partition coefficient (Wildman–Crippen LogP) is 1.47. The van der Waals surface area contributed by atoms with Crippen LogP contribution < -0.4 is 20.1 Å². The molecule has 1 unspecified atom stereocenters. The molecular weight excluding hydrogens is 358 g/mol. The van der Waals surface area contributed by atoms with Crippen LogP contribution in [0.4, 0.5) is 11.4 Å². The Morgan fingerprint density at radius 2 is 1.92 bits per heavy atom. The number of carbonyl (C=O) groups excluding carboxylic acids is 1. The lowest BCUT2D eigenvalue weighted by Crippen LogP contribution is -2.36. The molecule has 1 fully saturated rings. The molecule has 3 heterocycles. The summed E-state index contributed by atoms with van der Waals surface area (Å²) >= 11 is 0. The number of ether oxygens (including phenoxy) is 2. The highest BCUT2D eigenvalue weighted by molar-refractivity contribution is 7.91. The van der Waals surface area contributed by atoms with Crippen LogP contribution >= 0.6 is 0 Å². The van der Waals surface area contributed by atoms with Gasteiger partial charge in [-0.2, -0.15) is 0 Å². The van der Waals surface area contributed by atoms with E-state index in [1.54, 1.807) is 18.3 Å². The number of pyridine rings is 1. The Kier molecular flexibility index (Phi) is 4.15. The summed E-state index contributed by atoms with van der Waals surface area (Å²) in [6, 6.07) is 8.47. The summed E-state index contributed by atoms with van der Waals surface area (Å²) in [5.74, 6) is 1.11. The van der Waals surface area contributed by atoms with Crippen molar-refractivity contribution in [2.24, 2.45) is 0 Å². The van der Waals surface area contributed by atoms with E-state index in [2.05, 4.69) is 15.6 Å². The molecule has 0 spiro atoms. The minimum atomic E-state index is -3.03. The van der Waals surface area contributed by atoms with Gasteiger partial charge in [0.25, 0.3) is 5.91 Å². The second kappa shape index (κ2) is 6.49. The standard InChI is InChI=1S/C17H17N3O5S/c21-17(20-13-5-6-26(22,23)9-13)14-3-1-12(8-18-14)19-11-2-4-15-16(7-11)25-10-24-15/h1-4,7-8,13,19H,5-6,9-10H2,(H,20,21). The molecular formula is C17H17N3O5S. The van der Waals surface area contributed by atoms with Gasteiger partial charge in [0.15, 0.2) is 21.3 Å². The summed E-state index contributed by atoms with van der Waals surface area (Å²) in [6.45, 7) is 0.215. The van der Waals surface area contributed by atoms with E-state index in [4.69, 9.17) is 9.47 Å². The van der Waals surface area contributed by atoms with Gasteiger partial charge in [0.2, 0.25) is 6.79 Å². The highest BCUT2D eigenvalue weighted by atomic mass is 32.2. The van der Waals surface area contributed by atoms with E-state index in [1.165, 1.54) is 0 Å². The van der Waals surface area contributed by atoms with Crippen molar-refractivity contribution in [3.05, 3.63) is 42.2 Å². The third-order valence-corrected chi connectivity index (χ3v) is 5.99. The summed E-state index contributed by atoms with van der Waals surface area (Å²) in [5.41, 5.74) is 1.76. The molecule has 2 N–H and O–H groups in total. The van der Waals surface area contributed by atoms with Crippen LogP contribution in [0.2, 0.25) is 0 Å². The molecule has 136 valence electrons. The van der Waals surface area contributed by atoms with Gasteiger partial charge in [-0.3, -0.25) is 4.79 Å². The second-order valence-electron chi connectivity index (χ2n) is 6.20. The molecule has 2 aliphatic rings. The molecule has 0 saturated carbocycles. The number of nitrogens with one attached hydrogen (secondary N) is 2. The molecule has 2 aliphatic heterocycles. The molecule has 0 radical (unpaired) electrons. The SMILES string of the molecule is O=C(NC1CCS(=O)(=O)C1)c1ccc(Nc2ccc3c(c2)OCO3)cn1. The third-order valence-electron chi connectivity index (χ3n) is 4.23. The van der Waals surface area contributed by atoms with Crippen molar-refractivity contribution in [3.8, 4) is 11.5 Å². The van der Waals surface area contributed by atoms with Crippen LogP contribution in [0.25, 0.3) is 0 Å². The third kappa shape index (κ3) is 3.57. The van der Waals surface area contributed by atoms with E-state index in [-0.39, 0.29) is 35.9 Å². The van der Waals surface area contributed by atoms with Gasteiger partial charge >= 0.3 is 0 Å². The minimum absolute atomic E-state index is 0.0114. The Bertz CT molecular complexity index is 943. The Morgan fingerprint density at radius 1 is 1.12 bits per heavy atom. The van der Waals surface area contributed by atoms with Crippen LogP contribution in [0.5, 0.6) is 11.5 Å². The largest absolute Gasteiger partial charge is 0.454 e. The maximum Gasteiger partial charge on any atom is 0.270 e. The number of sulfone groups is 1. The zero-order valence-electron chi connectivity index (χ0n) is 13.8. The quantitative estimate of drug-likeness (QED) is 0.833. The van der Waals surface area contributed by atoms with Crippen LogP contribution in [0, 0.1) is 0 Å². The first-order valence-corrected chi connectivity index (χ1v) is 9.95. The van der Waals surface area contributed by atoms with Gasteiger partial charge in [-0.05, 0) is 30.7 Å². The van der Waals surface area contributed by atoms with Crippen LogP contribution in [0.15, 0.2) is 36.5 Å². The van der Waals surface area contributed by atoms with Gasteiger partial charge in [0.05, 0.1) is 23.4 Å². The zero-order chi connectivity index (χ0) is 18.1. The van der Waals surface area contributed by atoms with E-state index >= 15 is 0 Å². The average Bonchev–Trinajstić information content (AvgIpc) is 3.21. The van der Waals surface area contributed by atoms with Gasteiger partial charge in [-0.1, -0.05) is 0 Å². The lowest BCUT2D eigenvalue weighted by atomic mass is 10.2. The molecule has 1 aromatic heterocycles. The van der Waals surface area contributed by atoms with E-state index in [1.807, 2.05) is 18.2 Å². The number of hydrogen-bond acceptors (Lipinski definition) is 7. The highest BCUT2D eigenvalue weighted by Crippen LogP contribution is 2.35. The first-order valence-electron chi connectivity index (χ1n) is 8.12. The van der Waals surface area contributed by atoms with Crippen molar-refractivity contribution >= 4 is 27.1 Å². The Hall–Kier alpha value is -2.81. The van der Waals surface area contributed by atoms with Crippen LogP contribution in [-0.4, -0.2) is 43.6 Å². The summed E-state index contributed by atoms with van der Waals surface area (Å²) in [4.78, 5) is 16.3. The molecule has 2 aromatic rings. The zero-order valence-corrected chi connectivity index (χ0v) is 14.6. The first kappa shape index (κ1) is 16.6. The molecule has 1 atom stereocenters. The van der Waals surface area contributed by atoms with Crippen molar-refractivity contribution in [1.82, 2.24) is 10.3 Å². The fraction of sp³-hybridized carbons (Fsp3) is 0.294. The fourth-order valence-corrected chi connectivity index (χ4v) is 4.58. The molecule has 1 saturated heterocycles. The average molecular weight is 375 g/mol. The number of carbonyl (C=O) groups is 1. The van der Waals surface area contributed by atoms with E-state index in [0.29, 0.717) is 23.6 Å². The smallest absolute Gasteiger partial charge is 0.270 e. The van der Waals surface area contributed by atoms with Crippen molar-refractivity contribution < 1.29 is 22.7 Å². The fourth-order valence-electron chi connectivity index (χ4n) is 2.91. The summed E-state index contributed by atoms with van der Waals surface area (Å²) in [6.07, 6.45) is 1.99. The van der Waals surface area contributed by atoms with Gasteiger partial charge in [-0.25, -0.2) is 13.4 Å². The number of amides is 1. The monoisotopic (exact) mass is 375 g/mol. The number of fused-ring (bicyclic) bond motifs is 1. The number of hydrogen-bond donors (Lipinski definition) is 2. The molecule has 8 nitrogen and oxygen atoms in total. The molecule has 1 aromatic carbocycles. The van der Waals surface area contributed by atoms with Gasteiger partial charge in [-0.15, -0.1) is 0 Å².